The predicted molar refractivity (Wildman–Crippen MR) is 74.8 cm³/mol. The molecule has 0 fully saturated rings. The molecule has 2 aromatic heterocycles. The smallest absolute Gasteiger partial charge is 0.202 e. The van der Waals surface area contributed by atoms with Crippen LogP contribution in [-0.2, 0) is 19.4 Å². The molecule has 0 aliphatic heterocycles. The van der Waals surface area contributed by atoms with Gasteiger partial charge in [0.1, 0.15) is 5.82 Å². The normalized spacial score (nSPS) is 10.6. The van der Waals surface area contributed by atoms with Crippen LogP contribution in [0.2, 0.25) is 0 Å². The first-order chi connectivity index (χ1) is 8.83. The fourth-order valence-corrected chi connectivity index (χ4v) is 2.37. The van der Waals surface area contributed by atoms with Crippen molar-refractivity contribution in [2.24, 2.45) is 0 Å². The molecule has 0 atom stereocenters. The molecule has 2 aromatic rings. The number of anilines is 1. The first-order valence-electron chi connectivity index (χ1n) is 6.32. The molecule has 0 saturated carbocycles. The number of nitrogens with zero attached hydrogens (tertiary/aromatic N) is 3. The molecule has 0 amide bonds. The van der Waals surface area contributed by atoms with Crippen molar-refractivity contribution in [2.75, 3.05) is 5.32 Å². The maximum atomic E-state index is 4.44. The van der Waals surface area contributed by atoms with E-state index < -0.39 is 0 Å². The second kappa shape index (κ2) is 6.44. The fraction of sp³-hybridized carbons (Fsp3) is 0.462. The molecule has 96 valence electrons. The van der Waals surface area contributed by atoms with Gasteiger partial charge in [0.05, 0.1) is 12.2 Å². The standard InChI is InChI=1S/C13H18N4S/c1-3-6-12-16-13(18-17-12)15-9-11-10(4-2)7-5-8-14-11/h5,7-8H,3-4,6,9H2,1-2H3,(H,15,16,17). The van der Waals surface area contributed by atoms with Gasteiger partial charge < -0.3 is 5.32 Å². The van der Waals surface area contributed by atoms with Crippen LogP contribution >= 0.6 is 11.5 Å². The SMILES string of the molecule is CCCc1nsc(NCc2ncccc2CC)n1. The molecule has 2 heterocycles. The molecule has 4 nitrogen and oxygen atoms in total. The minimum Gasteiger partial charge on any atom is -0.355 e. The van der Waals surface area contributed by atoms with Crippen molar-refractivity contribution in [3.63, 3.8) is 0 Å². The molecule has 0 aliphatic carbocycles. The Kier molecular flexibility index (Phi) is 4.64. The highest BCUT2D eigenvalue weighted by Gasteiger charge is 2.05. The van der Waals surface area contributed by atoms with E-state index in [1.807, 2.05) is 12.3 Å². The molecule has 0 saturated heterocycles. The topological polar surface area (TPSA) is 50.7 Å². The Bertz CT molecular complexity index is 495. The number of aryl methyl sites for hydroxylation is 2. The van der Waals surface area contributed by atoms with Gasteiger partial charge in [-0.1, -0.05) is 19.9 Å². The van der Waals surface area contributed by atoms with Gasteiger partial charge in [-0.15, -0.1) is 0 Å². The van der Waals surface area contributed by atoms with Crippen LogP contribution in [0.15, 0.2) is 18.3 Å². The second-order valence-electron chi connectivity index (χ2n) is 4.08. The molecule has 1 N–H and O–H groups in total. The second-order valence-corrected chi connectivity index (χ2v) is 4.83. The molecule has 0 aromatic carbocycles. The summed E-state index contributed by atoms with van der Waals surface area (Å²) >= 11 is 1.42. The summed E-state index contributed by atoms with van der Waals surface area (Å²) < 4.78 is 4.31. The summed E-state index contributed by atoms with van der Waals surface area (Å²) in [7, 11) is 0. The zero-order chi connectivity index (χ0) is 12.8. The van der Waals surface area contributed by atoms with Crippen LogP contribution in [0.5, 0.6) is 0 Å². The number of aromatic nitrogens is 3. The van der Waals surface area contributed by atoms with E-state index in [1.165, 1.54) is 17.1 Å². The number of rotatable bonds is 6. The van der Waals surface area contributed by atoms with Crippen molar-refractivity contribution in [1.82, 2.24) is 14.3 Å². The van der Waals surface area contributed by atoms with Crippen molar-refractivity contribution in [2.45, 2.75) is 39.7 Å². The average Bonchev–Trinajstić information content (AvgIpc) is 2.85. The third-order valence-corrected chi connectivity index (χ3v) is 3.42. The van der Waals surface area contributed by atoms with Gasteiger partial charge in [0.2, 0.25) is 5.13 Å². The van der Waals surface area contributed by atoms with Crippen molar-refractivity contribution >= 4 is 16.7 Å². The van der Waals surface area contributed by atoms with E-state index in [1.54, 1.807) is 0 Å². The molecule has 18 heavy (non-hydrogen) atoms. The molecule has 0 bridgehead atoms. The molecule has 5 heteroatoms. The van der Waals surface area contributed by atoms with Gasteiger partial charge in [0.15, 0.2) is 0 Å². The minimum atomic E-state index is 0.713. The lowest BCUT2D eigenvalue weighted by molar-refractivity contribution is 0.860. The largest absolute Gasteiger partial charge is 0.355 e. The highest BCUT2D eigenvalue weighted by molar-refractivity contribution is 7.09. The van der Waals surface area contributed by atoms with Crippen LogP contribution in [0.1, 0.15) is 37.4 Å². The van der Waals surface area contributed by atoms with Crippen molar-refractivity contribution in [3.8, 4) is 0 Å². The first-order valence-corrected chi connectivity index (χ1v) is 7.10. The first kappa shape index (κ1) is 13.0. The summed E-state index contributed by atoms with van der Waals surface area (Å²) in [4.78, 5) is 8.84. The number of pyridine rings is 1. The van der Waals surface area contributed by atoms with E-state index in [4.69, 9.17) is 0 Å². The van der Waals surface area contributed by atoms with Crippen LogP contribution in [0.3, 0.4) is 0 Å². The van der Waals surface area contributed by atoms with Gasteiger partial charge in [-0.25, -0.2) is 4.98 Å². The maximum absolute atomic E-state index is 4.44. The lowest BCUT2D eigenvalue weighted by atomic mass is 10.1. The zero-order valence-corrected chi connectivity index (χ0v) is 11.6. The van der Waals surface area contributed by atoms with Gasteiger partial charge in [-0.2, -0.15) is 4.37 Å². The molecule has 0 aliphatic rings. The summed E-state index contributed by atoms with van der Waals surface area (Å²) in [6, 6.07) is 4.10. The van der Waals surface area contributed by atoms with Crippen molar-refractivity contribution in [3.05, 3.63) is 35.4 Å². The average molecular weight is 262 g/mol. The van der Waals surface area contributed by atoms with E-state index in [9.17, 15) is 0 Å². The Hall–Kier alpha value is -1.49. The number of hydrogen-bond donors (Lipinski definition) is 1. The molecular weight excluding hydrogens is 244 g/mol. The van der Waals surface area contributed by atoms with Crippen LogP contribution in [0.4, 0.5) is 5.13 Å². The van der Waals surface area contributed by atoms with Crippen molar-refractivity contribution in [1.29, 1.82) is 0 Å². The summed E-state index contributed by atoms with van der Waals surface area (Å²) in [6.45, 7) is 4.99. The Balaban J connectivity index is 1.97. The van der Waals surface area contributed by atoms with Gasteiger partial charge in [-0.3, -0.25) is 4.98 Å². The van der Waals surface area contributed by atoms with E-state index in [0.29, 0.717) is 6.54 Å². The molecule has 2 rings (SSSR count). The van der Waals surface area contributed by atoms with E-state index >= 15 is 0 Å². The lowest BCUT2D eigenvalue weighted by Gasteiger charge is -2.06. The molecule has 0 spiro atoms. The van der Waals surface area contributed by atoms with E-state index in [0.717, 1.165) is 35.9 Å². The Morgan fingerprint density at radius 3 is 3.00 bits per heavy atom. The Labute approximate surface area is 112 Å². The van der Waals surface area contributed by atoms with Crippen LogP contribution in [0, 0.1) is 0 Å². The fourth-order valence-electron chi connectivity index (χ4n) is 1.76. The highest BCUT2D eigenvalue weighted by atomic mass is 32.1. The van der Waals surface area contributed by atoms with Crippen LogP contribution in [-0.4, -0.2) is 14.3 Å². The maximum Gasteiger partial charge on any atom is 0.202 e. The van der Waals surface area contributed by atoms with E-state index in [2.05, 4.69) is 39.6 Å². The quantitative estimate of drug-likeness (QED) is 0.869. The third-order valence-electron chi connectivity index (χ3n) is 2.71. The van der Waals surface area contributed by atoms with Gasteiger partial charge in [0, 0.05) is 24.2 Å². The summed E-state index contributed by atoms with van der Waals surface area (Å²) in [5.74, 6) is 0.932. The highest BCUT2D eigenvalue weighted by Crippen LogP contribution is 2.14. The summed E-state index contributed by atoms with van der Waals surface area (Å²) in [5, 5.41) is 4.18. The van der Waals surface area contributed by atoms with Gasteiger partial charge in [0.25, 0.3) is 0 Å². The lowest BCUT2D eigenvalue weighted by Crippen LogP contribution is -2.04. The van der Waals surface area contributed by atoms with Gasteiger partial charge >= 0.3 is 0 Å². The predicted octanol–water partition coefficient (Wildman–Crippen LogP) is 3.06. The third kappa shape index (κ3) is 3.26. The Morgan fingerprint density at radius 2 is 2.22 bits per heavy atom. The summed E-state index contributed by atoms with van der Waals surface area (Å²) in [6.07, 6.45) is 4.86. The number of nitrogens with one attached hydrogen (secondary N) is 1. The van der Waals surface area contributed by atoms with Gasteiger partial charge in [-0.05, 0) is 24.5 Å². The zero-order valence-electron chi connectivity index (χ0n) is 10.8. The molecule has 0 radical (unpaired) electrons. The van der Waals surface area contributed by atoms with Crippen molar-refractivity contribution < 1.29 is 0 Å². The van der Waals surface area contributed by atoms with Crippen LogP contribution in [0.25, 0.3) is 0 Å². The Morgan fingerprint density at radius 1 is 1.33 bits per heavy atom. The van der Waals surface area contributed by atoms with Crippen LogP contribution < -0.4 is 5.32 Å². The number of hydrogen-bond acceptors (Lipinski definition) is 5. The molecular formula is C13H18N4S. The van der Waals surface area contributed by atoms with E-state index in [-0.39, 0.29) is 0 Å². The summed E-state index contributed by atoms with van der Waals surface area (Å²) in [5.41, 5.74) is 2.37. The minimum absolute atomic E-state index is 0.713. The molecule has 0 unspecified atom stereocenters. The monoisotopic (exact) mass is 262 g/mol.